The van der Waals surface area contributed by atoms with E-state index in [2.05, 4.69) is 20.8 Å². The van der Waals surface area contributed by atoms with Gasteiger partial charge in [-0.05, 0) is 35.0 Å². The number of esters is 1. The van der Waals surface area contributed by atoms with Crippen molar-refractivity contribution in [1.29, 1.82) is 0 Å². The van der Waals surface area contributed by atoms with Crippen LogP contribution in [0.1, 0.15) is 18.5 Å². The lowest BCUT2D eigenvalue weighted by molar-refractivity contribution is -0.140. The number of carbonyl (C=O) groups excluding carboxylic acids is 1. The first-order valence-corrected chi connectivity index (χ1v) is 8.07. The summed E-state index contributed by atoms with van der Waals surface area (Å²) >= 11 is 0. The largest absolute Gasteiger partial charge is 0.493 e. The number of alkyl halides is 3. The first-order chi connectivity index (χ1) is 13.3. The monoisotopic (exact) mass is 399 g/mol. The molecule has 2 aromatic rings. The zero-order valence-electron chi connectivity index (χ0n) is 15.1. The van der Waals surface area contributed by atoms with Gasteiger partial charge >= 0.3 is 12.1 Å². The molecule has 0 spiro atoms. The third-order valence-corrected chi connectivity index (χ3v) is 4.02. The van der Waals surface area contributed by atoms with Crippen LogP contribution in [-0.2, 0) is 9.53 Å². The molecule has 150 valence electrons. The molecule has 1 N–H and O–H groups in total. The maximum absolute atomic E-state index is 13.7. The van der Waals surface area contributed by atoms with Crippen molar-refractivity contribution in [2.24, 2.45) is 0 Å². The summed E-state index contributed by atoms with van der Waals surface area (Å²) in [5.41, 5.74) is -1.67. The molecule has 2 heterocycles. The number of hydrogen-bond donors (Lipinski definition) is 1. The summed E-state index contributed by atoms with van der Waals surface area (Å²) in [5, 5.41) is 12.8. The summed E-state index contributed by atoms with van der Waals surface area (Å²) in [6, 6.07) is 3.17. The van der Waals surface area contributed by atoms with Crippen molar-refractivity contribution in [3.05, 3.63) is 35.0 Å². The van der Waals surface area contributed by atoms with Crippen LogP contribution in [0.5, 0.6) is 11.5 Å². The van der Waals surface area contributed by atoms with Gasteiger partial charge in [0.25, 0.3) is 0 Å². The summed E-state index contributed by atoms with van der Waals surface area (Å²) in [7, 11) is 2.81. The number of ether oxygens (including phenoxy) is 3. The molecule has 0 bridgehead atoms. The lowest BCUT2D eigenvalue weighted by Crippen LogP contribution is -2.35. The molecular weight excluding hydrogens is 383 g/mol. The summed E-state index contributed by atoms with van der Waals surface area (Å²) < 4.78 is 57.4. The first-order valence-electron chi connectivity index (χ1n) is 8.07. The second-order valence-corrected chi connectivity index (χ2v) is 5.60. The molecule has 3 rings (SSSR count). The van der Waals surface area contributed by atoms with Gasteiger partial charge in [-0.1, -0.05) is 11.2 Å². The molecule has 0 amide bonds. The number of carbonyl (C=O) groups is 1. The number of methoxy groups -OCH3 is 2. The van der Waals surface area contributed by atoms with Gasteiger partial charge < -0.3 is 19.5 Å². The number of allylic oxidation sites excluding steroid dienone is 1. The Balaban J connectivity index is 2.25. The Labute approximate surface area is 157 Å². The average Bonchev–Trinajstić information content (AvgIpc) is 3.13. The Bertz CT molecular complexity index is 925. The van der Waals surface area contributed by atoms with Crippen LogP contribution in [0.15, 0.2) is 29.5 Å². The average molecular weight is 399 g/mol. The molecule has 1 aliphatic heterocycles. The lowest BCUT2D eigenvalue weighted by atomic mass is 9.94. The molecule has 1 aromatic heterocycles. The van der Waals surface area contributed by atoms with Crippen LogP contribution in [0, 0.1) is 0 Å². The fourth-order valence-electron chi connectivity index (χ4n) is 2.86. The number of nitrogens with zero attached hydrogens (tertiary/aromatic N) is 4. The van der Waals surface area contributed by atoms with Crippen molar-refractivity contribution in [2.75, 3.05) is 26.1 Å². The third-order valence-electron chi connectivity index (χ3n) is 4.02. The number of halogens is 3. The fourth-order valence-corrected chi connectivity index (χ4v) is 2.86. The van der Waals surface area contributed by atoms with Crippen molar-refractivity contribution >= 4 is 11.9 Å². The van der Waals surface area contributed by atoms with Crippen LogP contribution in [0.3, 0.4) is 0 Å². The zero-order valence-corrected chi connectivity index (χ0v) is 15.1. The minimum absolute atomic E-state index is 0.103. The molecule has 28 heavy (non-hydrogen) atoms. The highest BCUT2D eigenvalue weighted by Gasteiger charge is 2.47. The van der Waals surface area contributed by atoms with Crippen LogP contribution in [-0.4, -0.2) is 53.2 Å². The normalized spacial score (nSPS) is 16.3. The standard InChI is InChI=1S/C16H16F3N5O4/c1-4-28-14(25)11-12(8-5-6-9(26-2)10(7-8)27-3)24-15(21-22-23-24)20-13(11)16(17,18)19/h5-7,12H,4H2,1-3H3,(H,20,21,23)/t12-/m0/s1. The molecule has 9 nitrogen and oxygen atoms in total. The Kier molecular flexibility index (Phi) is 5.12. The predicted molar refractivity (Wildman–Crippen MR) is 88.8 cm³/mol. The summed E-state index contributed by atoms with van der Waals surface area (Å²) in [6.45, 7) is 1.39. The van der Waals surface area contributed by atoms with E-state index >= 15 is 0 Å². The highest BCUT2D eigenvalue weighted by Crippen LogP contribution is 2.42. The van der Waals surface area contributed by atoms with Crippen molar-refractivity contribution < 1.29 is 32.2 Å². The van der Waals surface area contributed by atoms with Gasteiger partial charge in [-0.15, -0.1) is 0 Å². The van der Waals surface area contributed by atoms with E-state index in [-0.39, 0.29) is 23.9 Å². The van der Waals surface area contributed by atoms with Gasteiger partial charge in [0.2, 0.25) is 5.95 Å². The Morgan fingerprint density at radius 2 is 1.96 bits per heavy atom. The van der Waals surface area contributed by atoms with Crippen molar-refractivity contribution in [2.45, 2.75) is 19.1 Å². The van der Waals surface area contributed by atoms with E-state index in [1.165, 1.54) is 39.3 Å². The van der Waals surface area contributed by atoms with Crippen LogP contribution >= 0.6 is 0 Å². The van der Waals surface area contributed by atoms with Gasteiger partial charge in [-0.2, -0.15) is 17.9 Å². The number of hydrogen-bond acceptors (Lipinski definition) is 8. The molecule has 12 heteroatoms. The topological polar surface area (TPSA) is 100 Å². The Morgan fingerprint density at radius 3 is 2.57 bits per heavy atom. The smallest absolute Gasteiger partial charge is 0.431 e. The van der Waals surface area contributed by atoms with E-state index in [0.717, 1.165) is 4.68 Å². The molecule has 0 saturated carbocycles. The second-order valence-electron chi connectivity index (χ2n) is 5.60. The van der Waals surface area contributed by atoms with Gasteiger partial charge in [0.05, 0.1) is 26.4 Å². The van der Waals surface area contributed by atoms with Crippen molar-refractivity contribution in [1.82, 2.24) is 20.2 Å². The molecule has 0 aliphatic carbocycles. The van der Waals surface area contributed by atoms with Crippen LogP contribution in [0.25, 0.3) is 0 Å². The SMILES string of the molecule is CCOC(=O)C1=C(C(F)(F)F)Nc2nnnn2[C@H]1c1ccc(OC)c(OC)c1. The van der Waals surface area contributed by atoms with Gasteiger partial charge in [0.15, 0.2) is 11.5 Å². The Hall–Kier alpha value is -3.31. The van der Waals surface area contributed by atoms with E-state index in [9.17, 15) is 18.0 Å². The van der Waals surface area contributed by atoms with Gasteiger partial charge in [0, 0.05) is 0 Å². The quantitative estimate of drug-likeness (QED) is 0.763. The molecular formula is C16H16F3N5O4. The van der Waals surface area contributed by atoms with Crippen molar-refractivity contribution in [3.63, 3.8) is 0 Å². The van der Waals surface area contributed by atoms with E-state index in [0.29, 0.717) is 5.75 Å². The summed E-state index contributed by atoms with van der Waals surface area (Å²) in [4.78, 5) is 12.5. The molecule has 0 unspecified atom stereocenters. The highest BCUT2D eigenvalue weighted by molar-refractivity contribution is 5.92. The van der Waals surface area contributed by atoms with E-state index in [1.807, 2.05) is 0 Å². The number of rotatable bonds is 5. The fraction of sp³-hybridized carbons (Fsp3) is 0.375. The van der Waals surface area contributed by atoms with Gasteiger partial charge in [-0.25, -0.2) is 4.79 Å². The van der Waals surface area contributed by atoms with Crippen LogP contribution in [0.4, 0.5) is 19.1 Å². The van der Waals surface area contributed by atoms with E-state index < -0.39 is 29.5 Å². The molecule has 0 fully saturated rings. The van der Waals surface area contributed by atoms with Gasteiger partial charge in [0.1, 0.15) is 11.7 Å². The molecule has 1 atom stereocenters. The minimum atomic E-state index is -4.87. The predicted octanol–water partition coefficient (Wildman–Crippen LogP) is 2.08. The maximum atomic E-state index is 13.7. The maximum Gasteiger partial charge on any atom is 0.431 e. The van der Waals surface area contributed by atoms with Crippen LogP contribution in [0.2, 0.25) is 0 Å². The number of benzene rings is 1. The third kappa shape index (κ3) is 3.32. The van der Waals surface area contributed by atoms with Gasteiger partial charge in [-0.3, -0.25) is 0 Å². The van der Waals surface area contributed by atoms with E-state index in [4.69, 9.17) is 14.2 Å². The zero-order chi connectivity index (χ0) is 20.5. The van der Waals surface area contributed by atoms with Crippen molar-refractivity contribution in [3.8, 4) is 11.5 Å². The molecule has 0 radical (unpaired) electrons. The molecule has 0 saturated heterocycles. The van der Waals surface area contributed by atoms with E-state index in [1.54, 1.807) is 0 Å². The summed E-state index contributed by atoms with van der Waals surface area (Å²) in [6.07, 6.45) is -4.87. The molecule has 1 aromatic carbocycles. The minimum Gasteiger partial charge on any atom is -0.493 e. The second kappa shape index (κ2) is 7.37. The lowest BCUT2D eigenvalue weighted by Gasteiger charge is -2.29. The highest BCUT2D eigenvalue weighted by atomic mass is 19.4. The number of fused-ring (bicyclic) bond motifs is 1. The molecule has 1 aliphatic rings. The Morgan fingerprint density at radius 1 is 1.25 bits per heavy atom. The number of nitrogens with one attached hydrogen (secondary N) is 1. The number of tetrazole rings is 1. The number of aromatic nitrogens is 4. The first kappa shape index (κ1) is 19.5. The van der Waals surface area contributed by atoms with Crippen LogP contribution < -0.4 is 14.8 Å². The summed E-state index contributed by atoms with van der Waals surface area (Å²) in [5.74, 6) is -0.761. The number of anilines is 1.